The smallest absolute Gasteiger partial charge is 0.316 e. The van der Waals surface area contributed by atoms with Crippen LogP contribution < -0.4 is 0 Å². The van der Waals surface area contributed by atoms with Crippen LogP contribution >= 0.6 is 0 Å². The summed E-state index contributed by atoms with van der Waals surface area (Å²) in [6.07, 6.45) is 1.46. The predicted molar refractivity (Wildman–Crippen MR) is 95.9 cm³/mol. The maximum Gasteiger partial charge on any atom is 0.316 e. The Morgan fingerprint density at radius 1 is 1.04 bits per heavy atom. The lowest BCUT2D eigenvalue weighted by Gasteiger charge is -2.21. The lowest BCUT2D eigenvalue weighted by Crippen LogP contribution is -2.32. The predicted octanol–water partition coefficient (Wildman–Crippen LogP) is 2.88. The highest BCUT2D eigenvalue weighted by Gasteiger charge is 2.26. The third-order valence-electron chi connectivity index (χ3n) is 3.76. The van der Waals surface area contributed by atoms with Crippen LogP contribution in [0.2, 0.25) is 0 Å². The van der Waals surface area contributed by atoms with Crippen molar-refractivity contribution in [1.29, 1.82) is 0 Å². The molecule has 1 unspecified atom stereocenters. The minimum Gasteiger partial charge on any atom is -0.465 e. The van der Waals surface area contributed by atoms with Crippen LogP contribution in [-0.4, -0.2) is 44.2 Å². The number of sulfonamides is 1. The van der Waals surface area contributed by atoms with Crippen molar-refractivity contribution < 1.29 is 22.7 Å². The number of ketones is 1. The van der Waals surface area contributed by atoms with Crippen molar-refractivity contribution in [2.75, 3.05) is 19.7 Å². The molecule has 1 rings (SSSR count). The molecule has 0 saturated carbocycles. The molecule has 0 N–H and O–H groups in total. The first-order valence-corrected chi connectivity index (χ1v) is 10.0. The fourth-order valence-electron chi connectivity index (χ4n) is 2.42. The van der Waals surface area contributed by atoms with Crippen LogP contribution in [-0.2, 0) is 19.6 Å². The van der Waals surface area contributed by atoms with Gasteiger partial charge in [-0.2, -0.15) is 4.31 Å². The molecular weight excluding hydrogens is 342 g/mol. The summed E-state index contributed by atoms with van der Waals surface area (Å²) in [4.78, 5) is 24.1. The standard InChI is InChI=1S/C18H27NO5S/c1-5-12-19(13-6-2)25(22,23)16-10-8-15(9-11-16)17(20)14(4)18(21)24-7-3/h8-11,14H,5-7,12-13H2,1-4H3. The Bertz CT molecular complexity index is 676. The van der Waals surface area contributed by atoms with E-state index in [1.807, 2.05) is 13.8 Å². The van der Waals surface area contributed by atoms with Gasteiger partial charge >= 0.3 is 5.97 Å². The van der Waals surface area contributed by atoms with Crippen molar-refractivity contribution in [2.45, 2.75) is 45.4 Å². The number of hydrogen-bond donors (Lipinski definition) is 0. The molecule has 25 heavy (non-hydrogen) atoms. The number of nitrogens with zero attached hydrogens (tertiary/aromatic N) is 1. The van der Waals surface area contributed by atoms with Crippen LogP contribution in [0.3, 0.4) is 0 Å². The van der Waals surface area contributed by atoms with E-state index in [4.69, 9.17) is 4.74 Å². The molecule has 0 aliphatic heterocycles. The van der Waals surface area contributed by atoms with Crippen molar-refractivity contribution in [3.05, 3.63) is 29.8 Å². The minimum atomic E-state index is -3.58. The lowest BCUT2D eigenvalue weighted by atomic mass is 10.00. The van der Waals surface area contributed by atoms with E-state index < -0.39 is 21.9 Å². The van der Waals surface area contributed by atoms with Crippen LogP contribution in [0, 0.1) is 5.92 Å². The molecule has 0 saturated heterocycles. The van der Waals surface area contributed by atoms with Crippen LogP contribution in [0.15, 0.2) is 29.2 Å². The molecule has 0 bridgehead atoms. The first-order valence-electron chi connectivity index (χ1n) is 8.60. The van der Waals surface area contributed by atoms with E-state index in [1.54, 1.807) is 6.92 Å². The number of carbonyl (C=O) groups excluding carboxylic acids is 2. The molecular formula is C18H27NO5S. The Kier molecular flexibility index (Phi) is 8.25. The summed E-state index contributed by atoms with van der Waals surface area (Å²) in [6, 6.07) is 5.72. The zero-order valence-electron chi connectivity index (χ0n) is 15.3. The van der Waals surface area contributed by atoms with E-state index in [2.05, 4.69) is 0 Å². The fraction of sp³-hybridized carbons (Fsp3) is 0.556. The molecule has 1 aromatic carbocycles. The molecule has 6 nitrogen and oxygen atoms in total. The lowest BCUT2D eigenvalue weighted by molar-refractivity contribution is -0.145. The quantitative estimate of drug-likeness (QED) is 0.360. The topological polar surface area (TPSA) is 80.8 Å². The van der Waals surface area contributed by atoms with Crippen molar-refractivity contribution in [3.63, 3.8) is 0 Å². The summed E-state index contributed by atoms with van der Waals surface area (Å²) < 4.78 is 31.7. The normalized spacial score (nSPS) is 12.8. The summed E-state index contributed by atoms with van der Waals surface area (Å²) in [6.45, 7) is 8.13. The van der Waals surface area contributed by atoms with Gasteiger partial charge in [0, 0.05) is 18.7 Å². The number of carbonyl (C=O) groups is 2. The van der Waals surface area contributed by atoms with E-state index in [1.165, 1.54) is 35.5 Å². The largest absolute Gasteiger partial charge is 0.465 e. The number of hydrogen-bond acceptors (Lipinski definition) is 5. The summed E-state index contributed by atoms with van der Waals surface area (Å²) in [5.74, 6) is -1.89. The molecule has 1 atom stereocenters. The molecule has 0 radical (unpaired) electrons. The second kappa shape index (κ2) is 9.68. The van der Waals surface area contributed by atoms with Crippen LogP contribution in [0.4, 0.5) is 0 Å². The third kappa shape index (κ3) is 5.37. The molecule has 0 aliphatic rings. The second-order valence-electron chi connectivity index (χ2n) is 5.77. The van der Waals surface area contributed by atoms with Gasteiger partial charge in [-0.1, -0.05) is 26.0 Å². The highest BCUT2D eigenvalue weighted by Crippen LogP contribution is 2.19. The SMILES string of the molecule is CCCN(CCC)S(=O)(=O)c1ccc(C(=O)C(C)C(=O)OCC)cc1. The number of Topliss-reactive ketones (excluding diaryl/α,β-unsaturated/α-hetero) is 1. The molecule has 0 heterocycles. The average molecular weight is 369 g/mol. The Balaban J connectivity index is 3.01. The highest BCUT2D eigenvalue weighted by molar-refractivity contribution is 7.89. The van der Waals surface area contributed by atoms with Gasteiger partial charge in [0.15, 0.2) is 5.78 Å². The zero-order chi connectivity index (χ0) is 19.0. The number of esters is 1. The Morgan fingerprint density at radius 3 is 2.00 bits per heavy atom. The summed E-state index contributed by atoms with van der Waals surface area (Å²) in [5, 5.41) is 0. The van der Waals surface area contributed by atoms with Crippen molar-refractivity contribution in [1.82, 2.24) is 4.31 Å². The van der Waals surface area contributed by atoms with E-state index in [0.29, 0.717) is 13.1 Å². The zero-order valence-corrected chi connectivity index (χ0v) is 16.1. The Morgan fingerprint density at radius 2 is 1.56 bits per heavy atom. The summed E-state index contributed by atoms with van der Waals surface area (Å²) >= 11 is 0. The highest BCUT2D eigenvalue weighted by atomic mass is 32.2. The van der Waals surface area contributed by atoms with Gasteiger partial charge in [0.1, 0.15) is 5.92 Å². The van der Waals surface area contributed by atoms with Gasteiger partial charge in [0.05, 0.1) is 11.5 Å². The fourth-order valence-corrected chi connectivity index (χ4v) is 4.04. The molecule has 0 aliphatic carbocycles. The summed E-state index contributed by atoms with van der Waals surface area (Å²) in [5.41, 5.74) is 0.289. The third-order valence-corrected chi connectivity index (χ3v) is 5.67. The van der Waals surface area contributed by atoms with E-state index >= 15 is 0 Å². The molecule has 0 fully saturated rings. The number of rotatable bonds is 10. The van der Waals surface area contributed by atoms with Gasteiger partial charge in [0.2, 0.25) is 10.0 Å². The van der Waals surface area contributed by atoms with Crippen LogP contribution in [0.25, 0.3) is 0 Å². The van der Waals surface area contributed by atoms with E-state index in [-0.39, 0.29) is 22.8 Å². The maximum absolute atomic E-state index is 12.7. The number of ether oxygens (including phenoxy) is 1. The van der Waals surface area contributed by atoms with Gasteiger partial charge in [0.25, 0.3) is 0 Å². The van der Waals surface area contributed by atoms with Crippen molar-refractivity contribution in [3.8, 4) is 0 Å². The Hall–Kier alpha value is -1.73. The average Bonchev–Trinajstić information content (AvgIpc) is 2.60. The molecule has 0 amide bonds. The molecule has 0 spiro atoms. The molecule has 7 heteroatoms. The maximum atomic E-state index is 12.7. The summed E-state index contributed by atoms with van der Waals surface area (Å²) in [7, 11) is -3.58. The molecule has 0 aromatic heterocycles. The van der Waals surface area contributed by atoms with Gasteiger partial charge in [-0.15, -0.1) is 0 Å². The van der Waals surface area contributed by atoms with Crippen molar-refractivity contribution >= 4 is 21.8 Å². The Labute approximate surface area is 150 Å². The first-order chi connectivity index (χ1) is 11.8. The van der Waals surface area contributed by atoms with Gasteiger partial charge < -0.3 is 4.74 Å². The van der Waals surface area contributed by atoms with Gasteiger partial charge in [-0.05, 0) is 38.8 Å². The van der Waals surface area contributed by atoms with Gasteiger partial charge in [-0.25, -0.2) is 8.42 Å². The van der Waals surface area contributed by atoms with Crippen LogP contribution in [0.1, 0.15) is 50.9 Å². The van der Waals surface area contributed by atoms with Gasteiger partial charge in [-0.3, -0.25) is 9.59 Å². The van der Waals surface area contributed by atoms with Crippen molar-refractivity contribution in [2.24, 2.45) is 5.92 Å². The molecule has 140 valence electrons. The molecule has 1 aromatic rings. The minimum absolute atomic E-state index is 0.148. The number of benzene rings is 1. The second-order valence-corrected chi connectivity index (χ2v) is 7.70. The first kappa shape index (κ1) is 21.3. The van der Waals surface area contributed by atoms with Crippen LogP contribution in [0.5, 0.6) is 0 Å². The van der Waals surface area contributed by atoms with E-state index in [0.717, 1.165) is 12.8 Å². The monoisotopic (exact) mass is 369 g/mol. The van der Waals surface area contributed by atoms with E-state index in [9.17, 15) is 18.0 Å².